The van der Waals surface area contributed by atoms with Gasteiger partial charge in [-0.15, -0.1) is 0 Å². The van der Waals surface area contributed by atoms with E-state index in [1.807, 2.05) is 0 Å². The largest absolute Gasteiger partial charge is 0.330 e. The lowest BCUT2D eigenvalue weighted by atomic mass is 10.2. The lowest BCUT2D eigenvalue weighted by Gasteiger charge is -2.07. The van der Waals surface area contributed by atoms with E-state index in [1.165, 1.54) is 21.8 Å². The van der Waals surface area contributed by atoms with Gasteiger partial charge in [-0.3, -0.25) is 18.7 Å². The van der Waals surface area contributed by atoms with Crippen molar-refractivity contribution in [3.8, 4) is 0 Å². The molecule has 8 nitrogen and oxygen atoms in total. The molecule has 0 saturated carbocycles. The van der Waals surface area contributed by atoms with Crippen molar-refractivity contribution in [2.75, 3.05) is 13.1 Å². The Labute approximate surface area is 128 Å². The average molecular weight is 304 g/mol. The number of nitrogens with zero attached hydrogens (tertiary/aromatic N) is 4. The first-order valence-corrected chi connectivity index (χ1v) is 7.16. The Morgan fingerprint density at radius 3 is 1.64 bits per heavy atom. The molecule has 0 fully saturated rings. The van der Waals surface area contributed by atoms with E-state index < -0.39 is 0 Å². The molecule has 2 rings (SSSR count). The lowest BCUT2D eigenvalue weighted by molar-refractivity contribution is 0.0827. The summed E-state index contributed by atoms with van der Waals surface area (Å²) in [6, 6.07) is 0. The van der Waals surface area contributed by atoms with Gasteiger partial charge < -0.3 is 11.5 Å². The number of imidazole rings is 2. The molecule has 2 aromatic heterocycles. The zero-order valence-electron chi connectivity index (χ0n) is 12.3. The summed E-state index contributed by atoms with van der Waals surface area (Å²) >= 11 is 0. The fourth-order valence-corrected chi connectivity index (χ4v) is 2.21. The highest BCUT2D eigenvalue weighted by Crippen LogP contribution is 2.07. The minimum absolute atomic E-state index is 0.104. The monoisotopic (exact) mass is 304 g/mol. The van der Waals surface area contributed by atoms with Gasteiger partial charge >= 0.3 is 0 Å². The van der Waals surface area contributed by atoms with Gasteiger partial charge in [-0.2, -0.15) is 0 Å². The summed E-state index contributed by atoms with van der Waals surface area (Å²) in [5.74, 6) is -0.343. The summed E-state index contributed by atoms with van der Waals surface area (Å²) in [7, 11) is 0. The Bertz CT molecular complexity index is 589. The predicted octanol–water partition coefficient (Wildman–Crippen LogP) is -0.157. The van der Waals surface area contributed by atoms with Crippen LogP contribution in [0.15, 0.2) is 25.0 Å². The molecule has 2 aromatic rings. The van der Waals surface area contributed by atoms with Gasteiger partial charge in [0.1, 0.15) is 12.7 Å². The van der Waals surface area contributed by atoms with Gasteiger partial charge in [0, 0.05) is 49.5 Å². The topological polar surface area (TPSA) is 122 Å². The number of carbonyl (C=O) groups is 2. The standard InChI is InChI=1S/C14H20N6O2/c15-5-3-11-7-17-9-19(11)13(21)1-2-14(22)20-10-18-8-12(20)4-6-16/h7-10H,1-6,15-16H2. The number of hydrogen-bond donors (Lipinski definition) is 2. The second-order valence-corrected chi connectivity index (χ2v) is 4.87. The van der Waals surface area contributed by atoms with Gasteiger partial charge in [0.25, 0.3) is 0 Å². The fraction of sp³-hybridized carbons (Fsp3) is 0.429. The van der Waals surface area contributed by atoms with Crippen molar-refractivity contribution in [2.24, 2.45) is 11.5 Å². The zero-order chi connectivity index (χ0) is 15.9. The number of rotatable bonds is 7. The van der Waals surface area contributed by atoms with Gasteiger partial charge in [-0.1, -0.05) is 0 Å². The van der Waals surface area contributed by atoms with Crippen molar-refractivity contribution >= 4 is 11.8 Å². The molecule has 0 saturated heterocycles. The third-order valence-corrected chi connectivity index (χ3v) is 3.32. The van der Waals surface area contributed by atoms with Crippen LogP contribution in [0.2, 0.25) is 0 Å². The Balaban J connectivity index is 1.97. The third-order valence-electron chi connectivity index (χ3n) is 3.32. The number of nitrogens with two attached hydrogens (primary N) is 2. The molecule has 0 aliphatic rings. The minimum atomic E-state index is -0.171. The number of aromatic nitrogens is 4. The molecule has 0 radical (unpaired) electrons. The maximum Gasteiger partial charge on any atom is 0.232 e. The van der Waals surface area contributed by atoms with E-state index in [0.29, 0.717) is 25.9 Å². The molecule has 22 heavy (non-hydrogen) atoms. The quantitative estimate of drug-likeness (QED) is 0.733. The minimum Gasteiger partial charge on any atom is -0.330 e. The van der Waals surface area contributed by atoms with Crippen LogP contribution in [0, 0.1) is 0 Å². The summed E-state index contributed by atoms with van der Waals surface area (Å²) in [4.78, 5) is 32.2. The van der Waals surface area contributed by atoms with E-state index >= 15 is 0 Å². The first-order chi connectivity index (χ1) is 10.7. The molecular formula is C14H20N6O2. The van der Waals surface area contributed by atoms with Crippen LogP contribution in [0.3, 0.4) is 0 Å². The number of hydrogen-bond acceptors (Lipinski definition) is 6. The second kappa shape index (κ2) is 7.62. The van der Waals surface area contributed by atoms with Crippen LogP contribution in [0.4, 0.5) is 0 Å². The molecule has 118 valence electrons. The Kier molecular flexibility index (Phi) is 5.56. The van der Waals surface area contributed by atoms with Gasteiger partial charge in [-0.25, -0.2) is 9.97 Å². The molecule has 0 bridgehead atoms. The lowest BCUT2D eigenvalue weighted by Crippen LogP contribution is -2.19. The first kappa shape index (κ1) is 16.1. The second-order valence-electron chi connectivity index (χ2n) is 4.87. The highest BCUT2D eigenvalue weighted by atomic mass is 16.2. The van der Waals surface area contributed by atoms with Crippen LogP contribution >= 0.6 is 0 Å². The van der Waals surface area contributed by atoms with E-state index in [9.17, 15) is 9.59 Å². The van der Waals surface area contributed by atoms with Crippen molar-refractivity contribution < 1.29 is 9.59 Å². The maximum absolute atomic E-state index is 12.2. The molecule has 2 heterocycles. The molecule has 0 aliphatic carbocycles. The van der Waals surface area contributed by atoms with Crippen LogP contribution in [-0.4, -0.2) is 44.0 Å². The van der Waals surface area contributed by atoms with E-state index in [1.54, 1.807) is 12.4 Å². The summed E-state index contributed by atoms with van der Waals surface area (Å²) in [6.07, 6.45) is 7.48. The average Bonchev–Trinajstić information content (AvgIpc) is 3.14. The molecule has 0 aromatic carbocycles. The smallest absolute Gasteiger partial charge is 0.232 e. The van der Waals surface area contributed by atoms with Crippen LogP contribution < -0.4 is 11.5 Å². The van der Waals surface area contributed by atoms with E-state index in [4.69, 9.17) is 11.5 Å². The molecule has 0 atom stereocenters. The van der Waals surface area contributed by atoms with Crippen LogP contribution in [0.1, 0.15) is 33.8 Å². The Hall–Kier alpha value is -2.32. The van der Waals surface area contributed by atoms with E-state index in [0.717, 1.165) is 11.4 Å². The van der Waals surface area contributed by atoms with Crippen molar-refractivity contribution in [1.82, 2.24) is 19.1 Å². The molecule has 0 amide bonds. The molecular weight excluding hydrogens is 284 g/mol. The molecule has 0 unspecified atom stereocenters. The molecule has 4 N–H and O–H groups in total. The van der Waals surface area contributed by atoms with E-state index in [2.05, 4.69) is 9.97 Å². The summed E-state index contributed by atoms with van der Waals surface area (Å²) in [6.45, 7) is 0.880. The molecule has 8 heteroatoms. The molecule has 0 aliphatic heterocycles. The summed E-state index contributed by atoms with van der Waals surface area (Å²) in [5, 5.41) is 0. The first-order valence-electron chi connectivity index (χ1n) is 7.16. The van der Waals surface area contributed by atoms with Crippen molar-refractivity contribution in [2.45, 2.75) is 25.7 Å². The van der Waals surface area contributed by atoms with Crippen LogP contribution in [0.25, 0.3) is 0 Å². The third kappa shape index (κ3) is 3.66. The fourth-order valence-electron chi connectivity index (χ4n) is 2.21. The van der Waals surface area contributed by atoms with Gasteiger partial charge in [0.2, 0.25) is 11.8 Å². The highest BCUT2D eigenvalue weighted by Gasteiger charge is 2.14. The number of carbonyl (C=O) groups excluding carboxylic acids is 2. The Morgan fingerprint density at radius 1 is 0.864 bits per heavy atom. The highest BCUT2D eigenvalue weighted by molar-refractivity contribution is 5.86. The van der Waals surface area contributed by atoms with E-state index in [-0.39, 0.29) is 24.7 Å². The maximum atomic E-state index is 12.2. The van der Waals surface area contributed by atoms with Crippen LogP contribution in [-0.2, 0) is 12.8 Å². The summed E-state index contributed by atoms with van der Waals surface area (Å²) in [5.41, 5.74) is 12.5. The predicted molar refractivity (Wildman–Crippen MR) is 80.5 cm³/mol. The summed E-state index contributed by atoms with van der Waals surface area (Å²) < 4.78 is 2.91. The SMILES string of the molecule is NCCc1cncn1C(=O)CCC(=O)n1cncc1CCN. The zero-order valence-corrected chi connectivity index (χ0v) is 12.3. The van der Waals surface area contributed by atoms with Crippen molar-refractivity contribution in [3.63, 3.8) is 0 Å². The van der Waals surface area contributed by atoms with Crippen molar-refractivity contribution in [3.05, 3.63) is 36.4 Å². The van der Waals surface area contributed by atoms with Gasteiger partial charge in [0.15, 0.2) is 0 Å². The molecule has 0 spiro atoms. The normalized spacial score (nSPS) is 10.8. The Morgan fingerprint density at radius 2 is 1.27 bits per heavy atom. The van der Waals surface area contributed by atoms with Crippen LogP contribution in [0.5, 0.6) is 0 Å². The van der Waals surface area contributed by atoms with Gasteiger partial charge in [-0.05, 0) is 13.1 Å². The van der Waals surface area contributed by atoms with Crippen molar-refractivity contribution in [1.29, 1.82) is 0 Å². The van der Waals surface area contributed by atoms with Gasteiger partial charge in [0.05, 0.1) is 0 Å².